The van der Waals surface area contributed by atoms with Gasteiger partial charge in [-0.3, -0.25) is 9.78 Å². The number of benzene rings is 1. The first kappa shape index (κ1) is 14.3. The summed E-state index contributed by atoms with van der Waals surface area (Å²) in [6.07, 6.45) is 3.21. The summed E-state index contributed by atoms with van der Waals surface area (Å²) >= 11 is 6.06. The molecular weight excluding hydrogens is 274 g/mol. The first-order valence-corrected chi connectivity index (χ1v) is 6.79. The number of carbonyl (C=O) groups is 1. The number of amides is 1. The molecule has 20 heavy (non-hydrogen) atoms. The van der Waals surface area contributed by atoms with Crippen LogP contribution in [0.3, 0.4) is 0 Å². The maximum absolute atomic E-state index is 12.2. The van der Waals surface area contributed by atoms with Crippen LogP contribution in [0.5, 0.6) is 0 Å². The molecule has 0 fully saturated rings. The number of anilines is 1. The second kappa shape index (κ2) is 6.91. The number of hydrogen-bond donors (Lipinski definition) is 2. The summed E-state index contributed by atoms with van der Waals surface area (Å²) in [5.74, 6) is -0.172. The van der Waals surface area contributed by atoms with Crippen LogP contribution in [0.4, 0.5) is 5.69 Å². The smallest absolute Gasteiger partial charge is 0.255 e. The van der Waals surface area contributed by atoms with Gasteiger partial charge in [0.15, 0.2) is 0 Å². The van der Waals surface area contributed by atoms with Crippen molar-refractivity contribution in [1.82, 2.24) is 10.3 Å². The summed E-state index contributed by atoms with van der Waals surface area (Å²) < 4.78 is 0. The summed E-state index contributed by atoms with van der Waals surface area (Å²) in [5, 5.41) is 6.64. The fourth-order valence-electron chi connectivity index (χ4n) is 1.83. The molecule has 1 heterocycles. The topological polar surface area (TPSA) is 54.0 Å². The highest BCUT2D eigenvalue weighted by Crippen LogP contribution is 2.16. The SMILES string of the molecule is CCNc1ccncc1C(=O)NCc1ccccc1Cl. The van der Waals surface area contributed by atoms with Crippen LogP contribution in [0.1, 0.15) is 22.8 Å². The van der Waals surface area contributed by atoms with Crippen molar-refractivity contribution < 1.29 is 4.79 Å². The molecule has 0 spiro atoms. The molecule has 0 unspecified atom stereocenters. The summed E-state index contributed by atoms with van der Waals surface area (Å²) in [4.78, 5) is 16.2. The zero-order chi connectivity index (χ0) is 14.4. The first-order chi connectivity index (χ1) is 9.72. The average molecular weight is 290 g/mol. The van der Waals surface area contributed by atoms with Crippen LogP contribution in [0.2, 0.25) is 5.02 Å². The molecule has 2 N–H and O–H groups in total. The standard InChI is InChI=1S/C15H16ClN3O/c1-2-18-14-7-8-17-10-12(14)15(20)19-9-11-5-3-4-6-13(11)16/h3-8,10H,2,9H2,1H3,(H,17,18)(H,19,20). The maximum Gasteiger partial charge on any atom is 0.255 e. The minimum atomic E-state index is -0.172. The van der Waals surface area contributed by atoms with Gasteiger partial charge in [0, 0.05) is 30.5 Å². The van der Waals surface area contributed by atoms with Crippen LogP contribution in [-0.4, -0.2) is 17.4 Å². The van der Waals surface area contributed by atoms with E-state index in [1.54, 1.807) is 24.5 Å². The molecule has 0 aliphatic heterocycles. The predicted octanol–water partition coefficient (Wildman–Crippen LogP) is 3.10. The molecule has 1 amide bonds. The number of nitrogens with zero attached hydrogens (tertiary/aromatic N) is 1. The number of carbonyl (C=O) groups excluding carboxylic acids is 1. The Bertz CT molecular complexity index is 601. The Labute approximate surface area is 123 Å². The molecule has 2 rings (SSSR count). The third-order valence-electron chi connectivity index (χ3n) is 2.83. The van der Waals surface area contributed by atoms with Crippen LogP contribution in [-0.2, 0) is 6.54 Å². The molecular formula is C15H16ClN3O. The van der Waals surface area contributed by atoms with E-state index in [0.717, 1.165) is 17.8 Å². The number of hydrogen-bond acceptors (Lipinski definition) is 3. The Morgan fingerprint density at radius 2 is 2.10 bits per heavy atom. The average Bonchev–Trinajstić information content (AvgIpc) is 2.47. The van der Waals surface area contributed by atoms with Crippen LogP contribution in [0, 0.1) is 0 Å². The van der Waals surface area contributed by atoms with E-state index in [0.29, 0.717) is 17.1 Å². The zero-order valence-electron chi connectivity index (χ0n) is 11.2. The van der Waals surface area contributed by atoms with E-state index in [4.69, 9.17) is 11.6 Å². The molecule has 0 aliphatic rings. The van der Waals surface area contributed by atoms with Crippen LogP contribution >= 0.6 is 11.6 Å². The van der Waals surface area contributed by atoms with Crippen molar-refractivity contribution >= 4 is 23.2 Å². The molecule has 0 aliphatic carbocycles. The van der Waals surface area contributed by atoms with Crippen molar-refractivity contribution in [1.29, 1.82) is 0 Å². The van der Waals surface area contributed by atoms with Crippen LogP contribution in [0.15, 0.2) is 42.7 Å². The highest BCUT2D eigenvalue weighted by molar-refractivity contribution is 6.31. The molecule has 2 aromatic rings. The third kappa shape index (κ3) is 3.48. The molecule has 0 radical (unpaired) electrons. The highest BCUT2D eigenvalue weighted by atomic mass is 35.5. The van der Waals surface area contributed by atoms with Crippen molar-refractivity contribution in [3.8, 4) is 0 Å². The molecule has 0 saturated heterocycles. The summed E-state index contributed by atoms with van der Waals surface area (Å²) in [5.41, 5.74) is 2.19. The molecule has 0 atom stereocenters. The second-order valence-corrected chi connectivity index (χ2v) is 4.63. The lowest BCUT2D eigenvalue weighted by Gasteiger charge is -2.11. The van der Waals surface area contributed by atoms with Gasteiger partial charge in [-0.2, -0.15) is 0 Å². The number of pyridine rings is 1. The van der Waals surface area contributed by atoms with Gasteiger partial charge >= 0.3 is 0 Å². The van der Waals surface area contributed by atoms with Gasteiger partial charge in [0.2, 0.25) is 0 Å². The molecule has 0 bridgehead atoms. The van der Waals surface area contributed by atoms with Gasteiger partial charge in [-0.15, -0.1) is 0 Å². The normalized spacial score (nSPS) is 10.1. The minimum Gasteiger partial charge on any atom is -0.385 e. The Kier molecular flexibility index (Phi) is 4.96. The fourth-order valence-corrected chi connectivity index (χ4v) is 2.04. The van der Waals surface area contributed by atoms with E-state index in [1.807, 2.05) is 25.1 Å². The van der Waals surface area contributed by atoms with E-state index in [9.17, 15) is 4.79 Å². The largest absolute Gasteiger partial charge is 0.385 e. The molecule has 5 heteroatoms. The monoisotopic (exact) mass is 289 g/mol. The van der Waals surface area contributed by atoms with E-state index < -0.39 is 0 Å². The fraction of sp³-hybridized carbons (Fsp3) is 0.200. The van der Waals surface area contributed by atoms with Gasteiger partial charge in [-0.05, 0) is 24.6 Å². The molecule has 4 nitrogen and oxygen atoms in total. The van der Waals surface area contributed by atoms with Gasteiger partial charge in [-0.25, -0.2) is 0 Å². The molecule has 1 aromatic carbocycles. The Morgan fingerprint density at radius 3 is 2.85 bits per heavy atom. The first-order valence-electron chi connectivity index (χ1n) is 6.42. The van der Waals surface area contributed by atoms with Crippen LogP contribution < -0.4 is 10.6 Å². The van der Waals surface area contributed by atoms with E-state index in [1.165, 1.54) is 0 Å². The lowest BCUT2D eigenvalue weighted by atomic mass is 10.2. The number of nitrogens with one attached hydrogen (secondary N) is 2. The predicted molar refractivity (Wildman–Crippen MR) is 81.0 cm³/mol. The Morgan fingerprint density at radius 1 is 1.30 bits per heavy atom. The van der Waals surface area contributed by atoms with Gasteiger partial charge in [0.25, 0.3) is 5.91 Å². The number of rotatable bonds is 5. The minimum absolute atomic E-state index is 0.172. The van der Waals surface area contributed by atoms with Crippen LogP contribution in [0.25, 0.3) is 0 Å². The van der Waals surface area contributed by atoms with Crippen molar-refractivity contribution in [3.63, 3.8) is 0 Å². The quantitative estimate of drug-likeness (QED) is 0.889. The lowest BCUT2D eigenvalue weighted by molar-refractivity contribution is 0.0951. The van der Waals surface area contributed by atoms with Crippen molar-refractivity contribution in [2.24, 2.45) is 0 Å². The molecule has 1 aromatic heterocycles. The summed E-state index contributed by atoms with van der Waals surface area (Å²) in [7, 11) is 0. The van der Waals surface area contributed by atoms with Crippen molar-refractivity contribution in [2.75, 3.05) is 11.9 Å². The number of aromatic nitrogens is 1. The maximum atomic E-state index is 12.2. The number of halogens is 1. The zero-order valence-corrected chi connectivity index (χ0v) is 11.9. The van der Waals surface area contributed by atoms with E-state index in [-0.39, 0.29) is 5.91 Å². The highest BCUT2D eigenvalue weighted by Gasteiger charge is 2.11. The lowest BCUT2D eigenvalue weighted by Crippen LogP contribution is -2.24. The second-order valence-electron chi connectivity index (χ2n) is 4.23. The molecule has 0 saturated carbocycles. The van der Waals surface area contributed by atoms with Gasteiger partial charge in [0.05, 0.1) is 11.3 Å². The molecule has 104 valence electrons. The van der Waals surface area contributed by atoms with Gasteiger partial charge in [-0.1, -0.05) is 29.8 Å². The van der Waals surface area contributed by atoms with Gasteiger partial charge in [0.1, 0.15) is 0 Å². The summed E-state index contributed by atoms with van der Waals surface area (Å²) in [6, 6.07) is 9.22. The van der Waals surface area contributed by atoms with Crippen molar-refractivity contribution in [2.45, 2.75) is 13.5 Å². The van der Waals surface area contributed by atoms with E-state index in [2.05, 4.69) is 15.6 Å². The third-order valence-corrected chi connectivity index (χ3v) is 3.20. The Balaban J connectivity index is 2.07. The van der Waals surface area contributed by atoms with Gasteiger partial charge < -0.3 is 10.6 Å². The Hall–Kier alpha value is -2.07. The van der Waals surface area contributed by atoms with Crippen molar-refractivity contribution in [3.05, 3.63) is 58.9 Å². The summed E-state index contributed by atoms with van der Waals surface area (Å²) in [6.45, 7) is 3.11. The van der Waals surface area contributed by atoms with E-state index >= 15 is 0 Å².